The molecule has 2 saturated heterocycles. The Morgan fingerprint density at radius 1 is 1.06 bits per heavy atom. The second-order valence-electron chi connectivity index (χ2n) is 9.05. The Hall–Kier alpha value is -1.84. The number of likely N-dealkylation sites (tertiary alicyclic amines) is 1. The molecule has 2 aliphatic heterocycles. The quantitative estimate of drug-likeness (QED) is 0.693. The minimum atomic E-state index is -3.29. The van der Waals surface area contributed by atoms with Crippen LogP contribution in [-0.2, 0) is 14.8 Å². The van der Waals surface area contributed by atoms with E-state index in [4.69, 9.17) is 4.74 Å². The van der Waals surface area contributed by atoms with Crippen molar-refractivity contribution in [1.29, 1.82) is 0 Å². The summed E-state index contributed by atoms with van der Waals surface area (Å²) in [4.78, 5) is 16.7. The van der Waals surface area contributed by atoms with E-state index < -0.39 is 15.3 Å². The van der Waals surface area contributed by atoms with E-state index in [-0.39, 0.29) is 18.2 Å². The number of benzene rings is 1. The lowest BCUT2D eigenvalue weighted by atomic mass is 10.1. The van der Waals surface area contributed by atoms with Crippen LogP contribution in [0.25, 0.3) is 0 Å². The second-order valence-corrected chi connectivity index (χ2v) is 11.3. The number of ether oxygens (including phenoxy) is 1. The molecule has 3 rings (SSSR count). The van der Waals surface area contributed by atoms with Crippen molar-refractivity contribution in [2.45, 2.75) is 57.9 Å². The van der Waals surface area contributed by atoms with Crippen LogP contribution in [0.1, 0.15) is 40.5 Å². The van der Waals surface area contributed by atoms with Crippen molar-refractivity contribution in [1.82, 2.24) is 9.62 Å². The van der Waals surface area contributed by atoms with E-state index in [0.29, 0.717) is 31.8 Å². The van der Waals surface area contributed by atoms with Crippen molar-refractivity contribution in [2.75, 3.05) is 43.0 Å². The predicted molar refractivity (Wildman–Crippen MR) is 124 cm³/mol. The highest BCUT2D eigenvalue weighted by atomic mass is 32.2. The lowest BCUT2D eigenvalue weighted by molar-refractivity contribution is 0.0114. The first-order chi connectivity index (χ1) is 14.7. The largest absolute Gasteiger partial charge is 0.374 e. The van der Waals surface area contributed by atoms with E-state index in [1.807, 2.05) is 24.3 Å². The lowest BCUT2D eigenvalue weighted by Crippen LogP contribution is -2.48. The molecule has 0 aliphatic carbocycles. The van der Waals surface area contributed by atoms with Gasteiger partial charge in [-0.2, -0.15) is 0 Å². The Morgan fingerprint density at radius 3 is 2.29 bits per heavy atom. The third-order valence-corrected chi connectivity index (χ3v) is 7.96. The molecule has 1 aromatic rings. The van der Waals surface area contributed by atoms with Crippen LogP contribution >= 0.6 is 0 Å². The maximum Gasteiger partial charge on any atom is 0.321 e. The number of morpholine rings is 1. The molecule has 8 nitrogen and oxygen atoms in total. The molecule has 0 radical (unpaired) electrons. The minimum Gasteiger partial charge on any atom is -0.374 e. The van der Waals surface area contributed by atoms with Gasteiger partial charge in [0.1, 0.15) is 0 Å². The minimum absolute atomic E-state index is 0.112. The molecule has 2 heterocycles. The lowest BCUT2D eigenvalue weighted by Gasteiger charge is -2.36. The van der Waals surface area contributed by atoms with Gasteiger partial charge in [-0.1, -0.05) is 13.8 Å². The van der Waals surface area contributed by atoms with Gasteiger partial charge in [-0.3, -0.25) is 0 Å². The summed E-state index contributed by atoms with van der Waals surface area (Å²) in [6, 6.07) is 7.66. The van der Waals surface area contributed by atoms with Crippen molar-refractivity contribution in [3.8, 4) is 0 Å². The van der Waals surface area contributed by atoms with Crippen LogP contribution in [0.15, 0.2) is 24.3 Å². The Morgan fingerprint density at radius 2 is 1.71 bits per heavy atom. The maximum atomic E-state index is 12.6. The fourth-order valence-electron chi connectivity index (χ4n) is 3.84. The third-order valence-electron chi connectivity index (χ3n) is 6.05. The predicted octanol–water partition coefficient (Wildman–Crippen LogP) is 2.87. The van der Waals surface area contributed by atoms with Crippen LogP contribution in [0.5, 0.6) is 0 Å². The van der Waals surface area contributed by atoms with Gasteiger partial charge in [0.2, 0.25) is 10.0 Å². The summed E-state index contributed by atoms with van der Waals surface area (Å²) in [5, 5.41) is 2.50. The van der Waals surface area contributed by atoms with Gasteiger partial charge in [0.15, 0.2) is 0 Å². The molecule has 1 unspecified atom stereocenters. The van der Waals surface area contributed by atoms with E-state index in [1.165, 1.54) is 0 Å². The molecule has 9 heteroatoms. The highest BCUT2D eigenvalue weighted by molar-refractivity contribution is 7.90. The molecule has 31 heavy (non-hydrogen) atoms. The number of nitrogens with zero attached hydrogens (tertiary/aromatic N) is 2. The summed E-state index contributed by atoms with van der Waals surface area (Å²) in [5.74, 6) is 0.478. The van der Waals surface area contributed by atoms with Crippen molar-refractivity contribution < 1.29 is 17.9 Å². The average molecular weight is 453 g/mol. The van der Waals surface area contributed by atoms with Crippen LogP contribution in [-0.4, -0.2) is 69.5 Å². The molecule has 2 N–H and O–H groups in total. The number of hydrogen-bond donors (Lipinski definition) is 2. The second kappa shape index (κ2) is 10.2. The van der Waals surface area contributed by atoms with Crippen molar-refractivity contribution >= 4 is 27.4 Å². The van der Waals surface area contributed by atoms with Crippen molar-refractivity contribution in [2.24, 2.45) is 5.92 Å². The monoisotopic (exact) mass is 452 g/mol. The van der Waals surface area contributed by atoms with Gasteiger partial charge in [0, 0.05) is 43.6 Å². The number of hydrogen-bond acceptors (Lipinski definition) is 5. The topological polar surface area (TPSA) is 91.0 Å². The van der Waals surface area contributed by atoms with Gasteiger partial charge < -0.3 is 19.9 Å². The van der Waals surface area contributed by atoms with Crippen molar-refractivity contribution in [3.63, 3.8) is 0 Å². The molecule has 2 fully saturated rings. The average Bonchev–Trinajstić information content (AvgIpc) is 2.74. The first-order valence-corrected chi connectivity index (χ1v) is 12.7. The number of carbonyl (C=O) groups is 1. The Kier molecular flexibility index (Phi) is 7.82. The van der Waals surface area contributed by atoms with E-state index >= 15 is 0 Å². The first kappa shape index (κ1) is 23.8. The van der Waals surface area contributed by atoms with Crippen LogP contribution in [0.3, 0.4) is 0 Å². The molecular weight excluding hydrogens is 416 g/mol. The molecule has 1 atom stereocenters. The van der Waals surface area contributed by atoms with Gasteiger partial charge in [-0.15, -0.1) is 0 Å². The Bertz CT molecular complexity index is 834. The summed E-state index contributed by atoms with van der Waals surface area (Å²) < 4.78 is 32.7. The van der Waals surface area contributed by atoms with Crippen LogP contribution in [0.2, 0.25) is 0 Å². The van der Waals surface area contributed by atoms with Crippen LogP contribution in [0.4, 0.5) is 16.2 Å². The Labute approximate surface area is 186 Å². The standard InChI is InChI=1S/C22H36N4O4S/c1-16(2)21-15-26(13-14-30-21)20-7-5-18(6-8-20)23-22(27)25-11-9-19(10-12-25)24-31(28,29)17(3)4/h5-8,16-17,19,21,24H,9-15H2,1-4H3,(H,23,27). The molecular formula is C22H36N4O4S. The highest BCUT2D eigenvalue weighted by Crippen LogP contribution is 2.23. The van der Waals surface area contributed by atoms with Gasteiger partial charge >= 0.3 is 6.03 Å². The van der Waals surface area contributed by atoms with Gasteiger partial charge in [0.05, 0.1) is 18.0 Å². The molecule has 0 bridgehead atoms. The summed E-state index contributed by atoms with van der Waals surface area (Å²) in [5.41, 5.74) is 1.88. The number of sulfonamides is 1. The number of carbonyl (C=O) groups excluding carboxylic acids is 1. The zero-order valence-electron chi connectivity index (χ0n) is 19.0. The summed E-state index contributed by atoms with van der Waals surface area (Å²) in [6.45, 7) is 11.2. The number of rotatable bonds is 6. The normalized spacial score (nSPS) is 21.0. The van der Waals surface area contributed by atoms with Crippen LogP contribution < -0.4 is 14.9 Å². The molecule has 2 aliphatic rings. The molecule has 1 aromatic carbocycles. The maximum absolute atomic E-state index is 12.6. The molecule has 174 valence electrons. The molecule has 0 spiro atoms. The highest BCUT2D eigenvalue weighted by Gasteiger charge is 2.27. The van der Waals surface area contributed by atoms with Gasteiger partial charge in [-0.05, 0) is 56.9 Å². The fourth-order valence-corrected chi connectivity index (χ4v) is 4.81. The Balaban J connectivity index is 1.49. The van der Waals surface area contributed by atoms with E-state index in [2.05, 4.69) is 28.8 Å². The van der Waals surface area contributed by atoms with Gasteiger partial charge in [-0.25, -0.2) is 17.9 Å². The summed E-state index contributed by atoms with van der Waals surface area (Å²) in [6.07, 6.45) is 1.47. The fraction of sp³-hybridized carbons (Fsp3) is 0.682. The van der Waals surface area contributed by atoms with Crippen molar-refractivity contribution in [3.05, 3.63) is 24.3 Å². The number of piperidine rings is 1. The van der Waals surface area contributed by atoms with E-state index in [1.54, 1.807) is 18.7 Å². The molecule has 0 aromatic heterocycles. The molecule has 0 saturated carbocycles. The third kappa shape index (κ3) is 6.33. The zero-order valence-corrected chi connectivity index (χ0v) is 19.8. The first-order valence-electron chi connectivity index (χ1n) is 11.2. The SMILES string of the molecule is CC(C)C1CN(c2ccc(NC(=O)N3CCC(NS(=O)(=O)C(C)C)CC3)cc2)CCO1. The molecule has 2 amide bonds. The summed E-state index contributed by atoms with van der Waals surface area (Å²) >= 11 is 0. The van der Waals surface area contributed by atoms with E-state index in [0.717, 1.165) is 31.1 Å². The smallest absolute Gasteiger partial charge is 0.321 e. The summed E-state index contributed by atoms with van der Waals surface area (Å²) in [7, 11) is -3.29. The van der Waals surface area contributed by atoms with Gasteiger partial charge in [0.25, 0.3) is 0 Å². The van der Waals surface area contributed by atoms with Crippen LogP contribution in [0, 0.1) is 5.92 Å². The van der Waals surface area contributed by atoms with E-state index in [9.17, 15) is 13.2 Å². The number of anilines is 2. The number of nitrogens with one attached hydrogen (secondary N) is 2. The number of amides is 2. The zero-order chi connectivity index (χ0) is 22.6. The number of urea groups is 1.